The van der Waals surface area contributed by atoms with Gasteiger partial charge in [0.1, 0.15) is 6.61 Å². The highest BCUT2D eigenvalue weighted by molar-refractivity contribution is 6.16. The molecule has 0 fully saturated rings. The Morgan fingerprint density at radius 2 is 1.23 bits per heavy atom. The van der Waals surface area contributed by atoms with Gasteiger partial charge in [0, 0.05) is 0 Å². The van der Waals surface area contributed by atoms with Gasteiger partial charge in [-0.2, -0.15) is 0 Å². The molecule has 5 nitrogen and oxygen atoms in total. The van der Waals surface area contributed by atoms with Crippen molar-refractivity contribution in [1.29, 1.82) is 0 Å². The third-order valence-electron chi connectivity index (χ3n) is 4.57. The van der Waals surface area contributed by atoms with Gasteiger partial charge in [0.05, 0.1) is 44.2 Å². The van der Waals surface area contributed by atoms with Crippen molar-refractivity contribution in [3.8, 4) is 0 Å². The maximum Gasteiger partial charge on any atom is 0.339 e. The lowest BCUT2D eigenvalue weighted by molar-refractivity contribution is -0.0442. The molecule has 5 heteroatoms. The number of benzene rings is 3. The van der Waals surface area contributed by atoms with Gasteiger partial charge >= 0.3 is 5.97 Å². The van der Waals surface area contributed by atoms with E-state index in [0.717, 1.165) is 21.5 Å². The first-order valence-corrected chi connectivity index (χ1v) is 10.3. The van der Waals surface area contributed by atoms with Crippen molar-refractivity contribution >= 4 is 27.5 Å². The monoisotopic (exact) mass is 410 g/mol. The summed E-state index contributed by atoms with van der Waals surface area (Å²) in [6.07, 6.45) is 0. The van der Waals surface area contributed by atoms with E-state index >= 15 is 0 Å². The summed E-state index contributed by atoms with van der Waals surface area (Å²) in [5.41, 5.74) is 0.449. The zero-order valence-corrected chi connectivity index (χ0v) is 18.0. The second kappa shape index (κ2) is 10.5. The lowest BCUT2D eigenvalue weighted by Crippen LogP contribution is -2.22. The van der Waals surface area contributed by atoms with Crippen LogP contribution in [0.15, 0.2) is 54.6 Å². The highest BCUT2D eigenvalue weighted by atomic mass is 16.6. The van der Waals surface area contributed by atoms with Gasteiger partial charge in [0.2, 0.25) is 0 Å². The summed E-state index contributed by atoms with van der Waals surface area (Å²) in [5, 5.41) is 3.83. The van der Waals surface area contributed by atoms with Crippen LogP contribution in [-0.4, -0.2) is 51.2 Å². The fraction of sp³-hybridized carbons (Fsp3) is 0.400. The van der Waals surface area contributed by atoms with Crippen molar-refractivity contribution in [2.45, 2.75) is 26.4 Å². The second-order valence-electron chi connectivity index (χ2n) is 8.02. The third-order valence-corrected chi connectivity index (χ3v) is 4.57. The Balaban J connectivity index is 1.46. The Kier molecular flexibility index (Phi) is 7.80. The molecular weight excluding hydrogens is 380 g/mol. The molecule has 3 aromatic carbocycles. The minimum absolute atomic E-state index is 0.154. The summed E-state index contributed by atoms with van der Waals surface area (Å²) in [7, 11) is 0. The van der Waals surface area contributed by atoms with Gasteiger partial charge in [-0.25, -0.2) is 4.79 Å². The van der Waals surface area contributed by atoms with Crippen molar-refractivity contribution < 1.29 is 23.7 Å². The first kappa shape index (κ1) is 22.2. The van der Waals surface area contributed by atoms with E-state index in [1.54, 1.807) is 0 Å². The summed E-state index contributed by atoms with van der Waals surface area (Å²) < 4.78 is 22.0. The zero-order valence-electron chi connectivity index (χ0n) is 18.0. The minimum Gasteiger partial charge on any atom is -0.460 e. The smallest absolute Gasteiger partial charge is 0.339 e. The number of ether oxygens (including phenoxy) is 4. The quantitative estimate of drug-likeness (QED) is 0.267. The zero-order chi connectivity index (χ0) is 21.4. The van der Waals surface area contributed by atoms with Crippen LogP contribution in [0.25, 0.3) is 21.5 Å². The van der Waals surface area contributed by atoms with E-state index in [4.69, 9.17) is 18.9 Å². The van der Waals surface area contributed by atoms with E-state index in [0.29, 0.717) is 38.6 Å². The largest absolute Gasteiger partial charge is 0.460 e. The van der Waals surface area contributed by atoms with E-state index < -0.39 is 0 Å². The van der Waals surface area contributed by atoms with Crippen LogP contribution in [0.2, 0.25) is 0 Å². The first-order valence-electron chi connectivity index (χ1n) is 10.3. The minimum atomic E-state index is -0.331. The van der Waals surface area contributed by atoms with Crippen LogP contribution < -0.4 is 0 Å². The lowest BCUT2D eigenvalue weighted by atomic mass is 9.97. The van der Waals surface area contributed by atoms with Gasteiger partial charge in [-0.15, -0.1) is 0 Å². The molecule has 0 unspecified atom stereocenters. The predicted molar refractivity (Wildman–Crippen MR) is 119 cm³/mol. The number of carbonyl (C=O) groups excluding carboxylic acids is 1. The molecule has 0 N–H and O–H groups in total. The standard InChI is InChI=1S/C25H30O5/c1-25(2,3)30-17-15-28-13-12-27-14-16-29-24(26)23-21-10-6-4-8-19(21)18-20-9-5-7-11-22(20)23/h4-11,18H,12-17H2,1-3H3. The van der Waals surface area contributed by atoms with Crippen LogP contribution in [0.3, 0.4) is 0 Å². The van der Waals surface area contributed by atoms with E-state index in [2.05, 4.69) is 6.07 Å². The molecule has 3 rings (SSSR count). The summed E-state index contributed by atoms with van der Waals surface area (Å²) in [4.78, 5) is 12.8. The van der Waals surface area contributed by atoms with Crippen molar-refractivity contribution in [3.63, 3.8) is 0 Å². The summed E-state index contributed by atoms with van der Waals surface area (Å²) >= 11 is 0. The van der Waals surface area contributed by atoms with Gasteiger partial charge in [0.15, 0.2) is 0 Å². The molecule has 0 spiro atoms. The maximum absolute atomic E-state index is 12.8. The lowest BCUT2D eigenvalue weighted by Gasteiger charge is -2.19. The molecule has 0 amide bonds. The predicted octanol–water partition coefficient (Wildman–Crippen LogP) is 5.00. The molecule has 0 aromatic heterocycles. The number of esters is 1. The van der Waals surface area contributed by atoms with Crippen LogP contribution in [0.4, 0.5) is 0 Å². The molecule has 160 valence electrons. The van der Waals surface area contributed by atoms with Crippen LogP contribution in [0, 0.1) is 0 Å². The summed E-state index contributed by atoms with van der Waals surface area (Å²) in [5.74, 6) is -0.331. The molecule has 30 heavy (non-hydrogen) atoms. The van der Waals surface area contributed by atoms with Gasteiger partial charge in [-0.1, -0.05) is 48.5 Å². The Morgan fingerprint density at radius 1 is 0.733 bits per heavy atom. The molecule has 0 atom stereocenters. The Bertz CT molecular complexity index is 920. The number of rotatable bonds is 10. The third kappa shape index (κ3) is 6.26. The average Bonchev–Trinajstić information content (AvgIpc) is 2.72. The fourth-order valence-electron chi connectivity index (χ4n) is 3.23. The molecule has 0 heterocycles. The van der Waals surface area contributed by atoms with Crippen molar-refractivity contribution in [1.82, 2.24) is 0 Å². The molecule has 0 aliphatic rings. The Morgan fingerprint density at radius 3 is 1.80 bits per heavy atom. The van der Waals surface area contributed by atoms with Crippen LogP contribution in [0.1, 0.15) is 31.1 Å². The SMILES string of the molecule is CC(C)(C)OCCOCCOCCOC(=O)c1c2ccccc2cc2ccccc12. The fourth-order valence-corrected chi connectivity index (χ4v) is 3.23. The van der Waals surface area contributed by atoms with Crippen LogP contribution >= 0.6 is 0 Å². The topological polar surface area (TPSA) is 54.0 Å². The highest BCUT2D eigenvalue weighted by Gasteiger charge is 2.16. The van der Waals surface area contributed by atoms with E-state index in [9.17, 15) is 4.79 Å². The van der Waals surface area contributed by atoms with Gasteiger partial charge in [-0.05, 0) is 48.4 Å². The molecular formula is C25H30O5. The first-order chi connectivity index (χ1) is 14.5. The number of carbonyl (C=O) groups is 1. The van der Waals surface area contributed by atoms with E-state index in [-0.39, 0.29) is 18.2 Å². The van der Waals surface area contributed by atoms with Gasteiger partial charge in [-0.3, -0.25) is 0 Å². The highest BCUT2D eigenvalue weighted by Crippen LogP contribution is 2.29. The second-order valence-corrected chi connectivity index (χ2v) is 8.02. The number of hydrogen-bond donors (Lipinski definition) is 0. The molecule has 0 saturated carbocycles. The van der Waals surface area contributed by atoms with Gasteiger partial charge in [0.25, 0.3) is 0 Å². The molecule has 0 radical (unpaired) electrons. The van der Waals surface area contributed by atoms with Gasteiger partial charge < -0.3 is 18.9 Å². The number of hydrogen-bond acceptors (Lipinski definition) is 5. The molecule has 0 saturated heterocycles. The molecule has 0 bridgehead atoms. The van der Waals surface area contributed by atoms with Crippen molar-refractivity contribution in [3.05, 3.63) is 60.2 Å². The molecule has 3 aromatic rings. The summed E-state index contributed by atoms with van der Waals surface area (Å²) in [6, 6.07) is 17.8. The normalized spacial score (nSPS) is 11.8. The van der Waals surface area contributed by atoms with Crippen molar-refractivity contribution in [2.75, 3.05) is 39.6 Å². The van der Waals surface area contributed by atoms with Crippen molar-refractivity contribution in [2.24, 2.45) is 0 Å². The molecule has 0 aliphatic carbocycles. The number of fused-ring (bicyclic) bond motifs is 2. The van der Waals surface area contributed by atoms with E-state index in [1.807, 2.05) is 69.3 Å². The Labute approximate surface area is 177 Å². The maximum atomic E-state index is 12.8. The Hall–Kier alpha value is -2.47. The van der Waals surface area contributed by atoms with Crippen LogP contribution in [0.5, 0.6) is 0 Å². The molecule has 0 aliphatic heterocycles. The summed E-state index contributed by atoms with van der Waals surface area (Å²) in [6.45, 7) is 8.58. The van der Waals surface area contributed by atoms with E-state index in [1.165, 1.54) is 0 Å². The average molecular weight is 411 g/mol. The van der Waals surface area contributed by atoms with Crippen LogP contribution in [-0.2, 0) is 18.9 Å².